The third kappa shape index (κ3) is 6.82. The van der Waals surface area contributed by atoms with Gasteiger partial charge >= 0.3 is 0 Å². The van der Waals surface area contributed by atoms with E-state index in [0.717, 1.165) is 17.5 Å². The second kappa shape index (κ2) is 7.15. The van der Waals surface area contributed by atoms with E-state index in [1.54, 1.807) is 18.4 Å². The normalized spacial score (nSPS) is 11.9. The van der Waals surface area contributed by atoms with Crippen molar-refractivity contribution in [1.29, 1.82) is 0 Å². The maximum atomic E-state index is 4.21. The van der Waals surface area contributed by atoms with Crippen molar-refractivity contribution in [2.75, 3.05) is 7.05 Å². The molecule has 0 fully saturated rings. The van der Waals surface area contributed by atoms with Crippen LogP contribution in [0.1, 0.15) is 30.7 Å². The molecule has 1 rings (SSSR count). The molecule has 0 atom stereocenters. The topological polar surface area (TPSA) is 49.3 Å². The maximum Gasteiger partial charge on any atom is 0.191 e. The molecule has 0 saturated heterocycles. The van der Waals surface area contributed by atoms with Crippen LogP contribution < -0.4 is 10.6 Å². The van der Waals surface area contributed by atoms with Gasteiger partial charge in [0.1, 0.15) is 0 Å². The molecule has 0 spiro atoms. The van der Waals surface area contributed by atoms with Gasteiger partial charge in [0.15, 0.2) is 5.96 Å². The van der Waals surface area contributed by atoms with Crippen molar-refractivity contribution in [3.63, 3.8) is 0 Å². The summed E-state index contributed by atoms with van der Waals surface area (Å²) in [5.41, 5.74) is 0.0193. The van der Waals surface area contributed by atoms with Crippen molar-refractivity contribution < 1.29 is 0 Å². The van der Waals surface area contributed by atoms with Crippen LogP contribution in [0.4, 0.5) is 0 Å². The van der Waals surface area contributed by atoms with E-state index in [1.807, 2.05) is 13.1 Å². The van der Waals surface area contributed by atoms with Gasteiger partial charge in [-0.1, -0.05) is 0 Å². The summed E-state index contributed by atoms with van der Waals surface area (Å²) < 4.78 is 0. The quantitative estimate of drug-likeness (QED) is 0.479. The second-order valence-corrected chi connectivity index (χ2v) is 5.97. The van der Waals surface area contributed by atoms with E-state index in [1.165, 1.54) is 4.88 Å². The molecule has 0 aliphatic heterocycles. The van der Waals surface area contributed by atoms with E-state index in [9.17, 15) is 0 Å². The Morgan fingerprint density at radius 3 is 2.53 bits per heavy atom. The predicted octanol–water partition coefficient (Wildman–Crippen LogP) is 2.53. The zero-order valence-corrected chi connectivity index (χ0v) is 14.1. The second-order valence-electron chi connectivity index (χ2n) is 4.65. The number of rotatable bonds is 2. The van der Waals surface area contributed by atoms with E-state index < -0.39 is 0 Å². The molecule has 6 heteroatoms. The van der Waals surface area contributed by atoms with Crippen LogP contribution in [0.25, 0.3) is 0 Å². The molecule has 0 bridgehead atoms. The number of hydrogen-bond donors (Lipinski definition) is 2. The fraction of sp³-hybridized carbons (Fsp3) is 0.636. The standard InChI is InChI=1S/C11H20N4S.HI/c1-8-13-6-9(16-8)7-14-10(12-5)15-11(2,3)4;/h6H,7H2,1-5H3,(H2,12,14,15);1H. The first-order chi connectivity index (χ1) is 7.40. The molecule has 0 amide bonds. The van der Waals surface area contributed by atoms with Crippen LogP contribution in [-0.4, -0.2) is 23.5 Å². The molecule has 0 unspecified atom stereocenters. The third-order valence-electron chi connectivity index (χ3n) is 1.82. The molecule has 1 aromatic heterocycles. The van der Waals surface area contributed by atoms with Crippen LogP contribution in [-0.2, 0) is 6.54 Å². The highest BCUT2D eigenvalue weighted by Crippen LogP contribution is 2.10. The highest BCUT2D eigenvalue weighted by molar-refractivity contribution is 14.0. The summed E-state index contributed by atoms with van der Waals surface area (Å²) in [7, 11) is 1.78. The number of thiazole rings is 1. The Hall–Kier alpha value is -0.370. The van der Waals surface area contributed by atoms with Gasteiger partial charge < -0.3 is 10.6 Å². The lowest BCUT2D eigenvalue weighted by Gasteiger charge is -2.23. The largest absolute Gasteiger partial charge is 0.352 e. The molecule has 0 radical (unpaired) electrons. The molecule has 98 valence electrons. The Kier molecular flexibility index (Phi) is 6.99. The first kappa shape index (κ1) is 16.6. The maximum absolute atomic E-state index is 4.21. The lowest BCUT2D eigenvalue weighted by molar-refractivity contribution is 0.501. The Morgan fingerprint density at radius 2 is 2.12 bits per heavy atom. The Bertz CT molecular complexity index is 368. The average Bonchev–Trinajstić information content (AvgIpc) is 2.57. The zero-order chi connectivity index (χ0) is 12.2. The first-order valence-electron chi connectivity index (χ1n) is 5.31. The van der Waals surface area contributed by atoms with Gasteiger partial charge in [0.05, 0.1) is 11.6 Å². The van der Waals surface area contributed by atoms with E-state index in [4.69, 9.17) is 0 Å². The Morgan fingerprint density at radius 1 is 1.47 bits per heavy atom. The number of aliphatic imine (C=N–C) groups is 1. The molecule has 1 aromatic rings. The minimum Gasteiger partial charge on any atom is -0.352 e. The fourth-order valence-electron chi connectivity index (χ4n) is 1.19. The summed E-state index contributed by atoms with van der Waals surface area (Å²) in [6.45, 7) is 9.10. The highest BCUT2D eigenvalue weighted by Gasteiger charge is 2.11. The van der Waals surface area contributed by atoms with Gasteiger partial charge in [0.25, 0.3) is 0 Å². The fourth-order valence-corrected chi connectivity index (χ4v) is 1.93. The molecular formula is C11H21IN4S. The van der Waals surface area contributed by atoms with Gasteiger partial charge in [0.2, 0.25) is 0 Å². The molecular weight excluding hydrogens is 347 g/mol. The van der Waals surface area contributed by atoms with Crippen LogP contribution >= 0.6 is 35.3 Å². The minimum absolute atomic E-state index is 0. The van der Waals surface area contributed by atoms with Crippen molar-refractivity contribution >= 4 is 41.3 Å². The van der Waals surface area contributed by atoms with Crippen molar-refractivity contribution in [3.8, 4) is 0 Å². The number of aryl methyl sites for hydroxylation is 1. The smallest absolute Gasteiger partial charge is 0.191 e. The van der Waals surface area contributed by atoms with Gasteiger partial charge in [-0.2, -0.15) is 0 Å². The van der Waals surface area contributed by atoms with Crippen molar-refractivity contribution in [1.82, 2.24) is 15.6 Å². The summed E-state index contributed by atoms with van der Waals surface area (Å²) in [6, 6.07) is 0. The Labute approximate surface area is 124 Å². The van der Waals surface area contributed by atoms with Crippen LogP contribution in [0.15, 0.2) is 11.2 Å². The number of guanidine groups is 1. The number of nitrogens with one attached hydrogen (secondary N) is 2. The molecule has 2 N–H and O–H groups in total. The summed E-state index contributed by atoms with van der Waals surface area (Å²) >= 11 is 1.70. The van der Waals surface area contributed by atoms with Gasteiger partial charge in [-0.3, -0.25) is 4.99 Å². The van der Waals surface area contributed by atoms with Crippen molar-refractivity contribution in [2.45, 2.75) is 39.8 Å². The van der Waals surface area contributed by atoms with E-state index in [0.29, 0.717) is 0 Å². The molecule has 1 heterocycles. The monoisotopic (exact) mass is 368 g/mol. The van der Waals surface area contributed by atoms with Crippen molar-refractivity contribution in [2.24, 2.45) is 4.99 Å². The highest BCUT2D eigenvalue weighted by atomic mass is 127. The summed E-state index contributed by atoms with van der Waals surface area (Å²) in [4.78, 5) is 9.60. The first-order valence-corrected chi connectivity index (χ1v) is 6.12. The average molecular weight is 368 g/mol. The predicted molar refractivity (Wildman–Crippen MR) is 85.4 cm³/mol. The number of halogens is 1. The molecule has 0 aromatic carbocycles. The van der Waals surface area contributed by atoms with E-state index >= 15 is 0 Å². The zero-order valence-electron chi connectivity index (χ0n) is 11.0. The van der Waals surface area contributed by atoms with Gasteiger partial charge in [-0.15, -0.1) is 35.3 Å². The summed E-state index contributed by atoms with van der Waals surface area (Å²) in [6.07, 6.45) is 1.90. The van der Waals surface area contributed by atoms with Crippen LogP contribution in [0, 0.1) is 6.92 Å². The number of aromatic nitrogens is 1. The lowest BCUT2D eigenvalue weighted by atomic mass is 10.1. The summed E-state index contributed by atoms with van der Waals surface area (Å²) in [5.74, 6) is 0.818. The van der Waals surface area contributed by atoms with E-state index in [2.05, 4.69) is 41.4 Å². The SMILES string of the molecule is CN=C(NCc1cnc(C)s1)NC(C)(C)C.I. The molecule has 0 saturated carbocycles. The molecule has 0 aliphatic carbocycles. The molecule has 4 nitrogen and oxygen atoms in total. The number of nitrogens with zero attached hydrogens (tertiary/aromatic N) is 2. The van der Waals surface area contributed by atoms with Gasteiger partial charge in [-0.05, 0) is 27.7 Å². The van der Waals surface area contributed by atoms with Crippen molar-refractivity contribution in [3.05, 3.63) is 16.1 Å². The summed E-state index contributed by atoms with van der Waals surface area (Å²) in [5, 5.41) is 7.66. The Balaban J connectivity index is 0.00000256. The van der Waals surface area contributed by atoms with Gasteiger partial charge in [0, 0.05) is 23.7 Å². The third-order valence-corrected chi connectivity index (χ3v) is 2.73. The number of hydrogen-bond acceptors (Lipinski definition) is 3. The minimum atomic E-state index is 0. The lowest BCUT2D eigenvalue weighted by Crippen LogP contribution is -2.47. The van der Waals surface area contributed by atoms with Crippen LogP contribution in [0.2, 0.25) is 0 Å². The van der Waals surface area contributed by atoms with Crippen LogP contribution in [0.5, 0.6) is 0 Å². The molecule has 17 heavy (non-hydrogen) atoms. The molecule has 0 aliphatic rings. The van der Waals surface area contributed by atoms with Crippen LogP contribution in [0.3, 0.4) is 0 Å². The van der Waals surface area contributed by atoms with Gasteiger partial charge in [-0.25, -0.2) is 4.98 Å². The van der Waals surface area contributed by atoms with E-state index in [-0.39, 0.29) is 29.5 Å².